The van der Waals surface area contributed by atoms with E-state index in [1.807, 2.05) is 24.3 Å². The van der Waals surface area contributed by atoms with Crippen molar-refractivity contribution in [3.8, 4) is 12.3 Å². The predicted molar refractivity (Wildman–Crippen MR) is 88.2 cm³/mol. The number of rotatable bonds is 4. The van der Waals surface area contributed by atoms with Crippen LogP contribution in [0.4, 0.5) is 0 Å². The Kier molecular flexibility index (Phi) is 4.48. The molecular weight excluding hydrogens is 341 g/mol. The Balaban J connectivity index is 1.97. The molecule has 0 radical (unpaired) electrons. The van der Waals surface area contributed by atoms with Gasteiger partial charge in [-0.2, -0.15) is 0 Å². The lowest BCUT2D eigenvalue weighted by molar-refractivity contribution is 0.661. The van der Waals surface area contributed by atoms with Gasteiger partial charge in [-0.05, 0) is 17.7 Å². The Bertz CT molecular complexity index is 854. The smallest absolute Gasteiger partial charge is 0.192 e. The fourth-order valence-corrected chi connectivity index (χ4v) is 2.74. The topological polar surface area (TPSA) is 56.5 Å². The van der Waals surface area contributed by atoms with E-state index in [9.17, 15) is 0 Å². The van der Waals surface area contributed by atoms with Gasteiger partial charge >= 0.3 is 0 Å². The highest BCUT2D eigenvalue weighted by Gasteiger charge is 2.13. The van der Waals surface area contributed by atoms with Crippen molar-refractivity contribution in [2.45, 2.75) is 11.7 Å². The molecule has 0 atom stereocenters. The van der Waals surface area contributed by atoms with Crippen molar-refractivity contribution < 1.29 is 0 Å². The van der Waals surface area contributed by atoms with Crippen LogP contribution in [-0.2, 0) is 6.54 Å². The van der Waals surface area contributed by atoms with Crippen LogP contribution in [0.3, 0.4) is 0 Å². The quantitative estimate of drug-likeness (QED) is 0.313. The zero-order valence-electron chi connectivity index (χ0n) is 11.2. The normalized spacial score (nSPS) is 10.8. The van der Waals surface area contributed by atoms with Crippen molar-refractivity contribution in [2.75, 3.05) is 5.75 Å². The van der Waals surface area contributed by atoms with Gasteiger partial charge in [-0.15, -0.1) is 11.5 Å². The third kappa shape index (κ3) is 3.17. The molecule has 2 aromatic heterocycles. The first-order valence-electron chi connectivity index (χ1n) is 6.25. The Hall–Kier alpha value is -1.81. The molecule has 0 aliphatic carbocycles. The minimum absolute atomic E-state index is 0.270. The zero-order valence-corrected chi connectivity index (χ0v) is 13.5. The van der Waals surface area contributed by atoms with Crippen LogP contribution in [0.2, 0.25) is 10.2 Å². The van der Waals surface area contributed by atoms with Gasteiger partial charge in [0.1, 0.15) is 0 Å². The second kappa shape index (κ2) is 6.53. The molecule has 5 nitrogen and oxygen atoms in total. The summed E-state index contributed by atoms with van der Waals surface area (Å²) in [6.45, 7) is 0.514. The van der Waals surface area contributed by atoms with Gasteiger partial charge in [-0.1, -0.05) is 58.2 Å². The lowest BCUT2D eigenvalue weighted by atomic mass is 10.2. The molecule has 0 saturated heterocycles. The van der Waals surface area contributed by atoms with Gasteiger partial charge in [-0.3, -0.25) is 0 Å². The average Bonchev–Trinajstić information content (AvgIpc) is 2.91. The fraction of sp³-hybridized carbons (Fsp3) is 0.143. The third-order valence-electron chi connectivity index (χ3n) is 2.83. The number of nitrogens with zero attached hydrogens (tertiary/aromatic N) is 5. The highest BCUT2D eigenvalue weighted by molar-refractivity contribution is 7.99. The van der Waals surface area contributed by atoms with E-state index in [1.165, 1.54) is 11.8 Å². The monoisotopic (exact) mass is 349 g/mol. The number of terminal acetylenes is 1. The first kappa shape index (κ1) is 15.1. The van der Waals surface area contributed by atoms with Gasteiger partial charge in [0, 0.05) is 5.02 Å². The average molecular weight is 350 g/mol. The van der Waals surface area contributed by atoms with Crippen molar-refractivity contribution >= 4 is 46.1 Å². The minimum atomic E-state index is 0.270. The van der Waals surface area contributed by atoms with Gasteiger partial charge in [0.25, 0.3) is 0 Å². The maximum Gasteiger partial charge on any atom is 0.192 e. The molecule has 8 heteroatoms. The number of hydrogen-bond acceptors (Lipinski definition) is 5. The number of fused-ring (bicyclic) bond motifs is 1. The van der Waals surface area contributed by atoms with Crippen molar-refractivity contribution in [3.63, 3.8) is 0 Å². The van der Waals surface area contributed by atoms with E-state index in [0.29, 0.717) is 33.6 Å². The summed E-state index contributed by atoms with van der Waals surface area (Å²) in [5.74, 6) is 3.00. The van der Waals surface area contributed by atoms with Gasteiger partial charge < -0.3 is 0 Å². The number of aromatic nitrogens is 5. The molecule has 0 aliphatic rings. The summed E-state index contributed by atoms with van der Waals surface area (Å²) >= 11 is 13.4. The van der Waals surface area contributed by atoms with Crippen molar-refractivity contribution in [1.29, 1.82) is 0 Å². The van der Waals surface area contributed by atoms with Gasteiger partial charge in [0.15, 0.2) is 21.5 Å². The molecule has 0 fully saturated rings. The standard InChI is InChI=1S/C14H9Cl2N5S/c1-2-7-22-14-17-12(16)11-13(18-14)21(20-19-11)8-9-3-5-10(15)6-4-9/h1,3-6H,7-8H2. The maximum absolute atomic E-state index is 6.13. The van der Waals surface area contributed by atoms with Crippen molar-refractivity contribution in [3.05, 3.63) is 40.0 Å². The summed E-state index contributed by atoms with van der Waals surface area (Å²) in [5.41, 5.74) is 2.08. The summed E-state index contributed by atoms with van der Waals surface area (Å²) in [6.07, 6.45) is 5.25. The summed E-state index contributed by atoms with van der Waals surface area (Å²) in [4.78, 5) is 8.59. The van der Waals surface area contributed by atoms with Crippen LogP contribution in [0.15, 0.2) is 29.4 Å². The Morgan fingerprint density at radius 2 is 1.95 bits per heavy atom. The molecule has 0 aliphatic heterocycles. The highest BCUT2D eigenvalue weighted by Crippen LogP contribution is 2.23. The molecule has 3 rings (SSSR count). The largest absolute Gasteiger partial charge is 0.222 e. The number of halogens is 2. The molecule has 22 heavy (non-hydrogen) atoms. The van der Waals surface area contributed by atoms with Crippen LogP contribution in [0, 0.1) is 12.3 Å². The van der Waals surface area contributed by atoms with Crippen LogP contribution < -0.4 is 0 Å². The van der Waals surface area contributed by atoms with E-state index in [1.54, 1.807) is 4.68 Å². The zero-order chi connectivity index (χ0) is 15.5. The summed E-state index contributed by atoms with van der Waals surface area (Å²) in [5, 5.41) is 9.59. The fourth-order valence-electron chi connectivity index (χ4n) is 1.84. The minimum Gasteiger partial charge on any atom is -0.222 e. The molecule has 0 saturated carbocycles. The Morgan fingerprint density at radius 1 is 1.18 bits per heavy atom. The third-order valence-corrected chi connectivity index (χ3v) is 4.10. The van der Waals surface area contributed by atoms with Gasteiger partial charge in [-0.25, -0.2) is 14.6 Å². The molecule has 0 N–H and O–H groups in total. The molecule has 110 valence electrons. The molecule has 1 aromatic carbocycles. The van der Waals surface area contributed by atoms with Crippen LogP contribution in [-0.4, -0.2) is 30.7 Å². The van der Waals surface area contributed by atoms with E-state index in [2.05, 4.69) is 26.2 Å². The Labute approximate surface area is 141 Å². The molecule has 2 heterocycles. The molecule has 0 spiro atoms. The van der Waals surface area contributed by atoms with Crippen molar-refractivity contribution in [2.24, 2.45) is 0 Å². The number of benzene rings is 1. The lowest BCUT2D eigenvalue weighted by Gasteiger charge is -2.03. The molecule has 0 amide bonds. The molecular formula is C14H9Cl2N5S. The second-order valence-corrected chi connectivity index (χ2v) is 6.07. The van der Waals surface area contributed by atoms with Crippen LogP contribution >= 0.6 is 35.0 Å². The first-order chi connectivity index (χ1) is 10.7. The van der Waals surface area contributed by atoms with Gasteiger partial charge in [0.05, 0.1) is 12.3 Å². The van der Waals surface area contributed by atoms with E-state index >= 15 is 0 Å². The first-order valence-corrected chi connectivity index (χ1v) is 7.99. The second-order valence-electron chi connectivity index (χ2n) is 4.34. The van der Waals surface area contributed by atoms with Crippen molar-refractivity contribution in [1.82, 2.24) is 25.0 Å². The molecule has 0 bridgehead atoms. The number of hydrogen-bond donors (Lipinski definition) is 0. The van der Waals surface area contributed by atoms with E-state index in [0.717, 1.165) is 5.56 Å². The maximum atomic E-state index is 6.13. The van der Waals surface area contributed by atoms with Gasteiger partial charge in [0.2, 0.25) is 0 Å². The van der Waals surface area contributed by atoms with Crippen LogP contribution in [0.5, 0.6) is 0 Å². The summed E-state index contributed by atoms with van der Waals surface area (Å²) in [7, 11) is 0. The molecule has 0 unspecified atom stereocenters. The van der Waals surface area contributed by atoms with E-state index in [-0.39, 0.29) is 5.15 Å². The predicted octanol–water partition coefficient (Wildman–Crippen LogP) is 3.30. The molecule has 3 aromatic rings. The SMILES string of the molecule is C#CCSc1nc(Cl)c2nnn(Cc3ccc(Cl)cc3)c2n1. The van der Waals surface area contributed by atoms with E-state index < -0.39 is 0 Å². The van der Waals surface area contributed by atoms with Crippen LogP contribution in [0.25, 0.3) is 11.2 Å². The summed E-state index contributed by atoms with van der Waals surface area (Å²) in [6, 6.07) is 7.50. The Morgan fingerprint density at radius 3 is 2.68 bits per heavy atom. The highest BCUT2D eigenvalue weighted by atomic mass is 35.5. The number of thioether (sulfide) groups is 1. The van der Waals surface area contributed by atoms with E-state index in [4.69, 9.17) is 29.6 Å². The lowest BCUT2D eigenvalue weighted by Crippen LogP contribution is -2.03. The van der Waals surface area contributed by atoms with Crippen LogP contribution in [0.1, 0.15) is 5.56 Å². The summed E-state index contributed by atoms with van der Waals surface area (Å²) < 4.78 is 1.67.